The molecule has 1 fully saturated rings. The van der Waals surface area contributed by atoms with Crippen molar-refractivity contribution in [3.8, 4) is 5.75 Å². The molecule has 2 aromatic rings. The first-order valence-corrected chi connectivity index (χ1v) is 10.8. The summed E-state index contributed by atoms with van der Waals surface area (Å²) < 4.78 is 11.2. The lowest BCUT2D eigenvalue weighted by atomic mass is 9.42. The van der Waals surface area contributed by atoms with E-state index in [4.69, 9.17) is 21.1 Å². The Kier molecular flexibility index (Phi) is 6.16. The maximum absolute atomic E-state index is 10.6. The Bertz CT molecular complexity index is 983. The van der Waals surface area contributed by atoms with Crippen molar-refractivity contribution in [1.82, 2.24) is 0 Å². The zero-order valence-electron chi connectivity index (χ0n) is 17.9. The van der Waals surface area contributed by atoms with E-state index < -0.39 is 37.1 Å². The molecule has 5 atom stereocenters. The fourth-order valence-corrected chi connectivity index (χ4v) is 4.98. The Morgan fingerprint density at radius 2 is 1.87 bits per heavy atom. The monoisotopic (exact) mass is 444 g/mol. The van der Waals surface area contributed by atoms with Gasteiger partial charge in [0.1, 0.15) is 52.0 Å². The number of methoxy groups -OCH3 is 1. The number of hydrogen-bond donors (Lipinski definition) is 4. The van der Waals surface area contributed by atoms with Crippen LogP contribution in [0.2, 0.25) is 5.02 Å². The van der Waals surface area contributed by atoms with Crippen LogP contribution in [0.4, 0.5) is 0 Å². The van der Waals surface area contributed by atoms with Crippen molar-refractivity contribution in [2.75, 3.05) is 13.7 Å². The lowest BCUT2D eigenvalue weighted by Gasteiger charge is -2.40. The zero-order chi connectivity index (χ0) is 22.5. The highest BCUT2D eigenvalue weighted by Gasteiger charge is 2.45. The molecule has 1 saturated heterocycles. The first kappa shape index (κ1) is 22.6. The first-order valence-electron chi connectivity index (χ1n) is 10.5. The van der Waals surface area contributed by atoms with Crippen LogP contribution in [0.25, 0.3) is 0 Å². The van der Waals surface area contributed by atoms with E-state index in [-0.39, 0.29) is 5.21 Å². The number of aliphatic hydroxyl groups is 4. The lowest BCUT2D eigenvalue weighted by molar-refractivity contribution is -0.232. The van der Waals surface area contributed by atoms with Gasteiger partial charge < -0.3 is 29.9 Å². The van der Waals surface area contributed by atoms with E-state index >= 15 is 0 Å². The van der Waals surface area contributed by atoms with Gasteiger partial charge >= 0.3 is 0 Å². The van der Waals surface area contributed by atoms with Crippen LogP contribution in [0.3, 0.4) is 0 Å². The number of aliphatic hydroxyl groups excluding tert-OH is 4. The molecule has 0 saturated carbocycles. The molecule has 0 unspecified atom stereocenters. The molecule has 6 nitrogen and oxygen atoms in total. The van der Waals surface area contributed by atoms with Gasteiger partial charge in [0.05, 0.1) is 13.7 Å². The van der Waals surface area contributed by atoms with E-state index in [0.717, 1.165) is 17.5 Å². The minimum absolute atomic E-state index is 0.224. The van der Waals surface area contributed by atoms with Crippen molar-refractivity contribution in [2.24, 2.45) is 0 Å². The number of ether oxygens (including phenoxy) is 2. The summed E-state index contributed by atoms with van der Waals surface area (Å²) in [6.45, 7) is -0.490. The van der Waals surface area contributed by atoms with E-state index in [1.54, 1.807) is 12.1 Å². The molecule has 2 aliphatic rings. The second-order valence-corrected chi connectivity index (χ2v) is 9.57. The van der Waals surface area contributed by atoms with Gasteiger partial charge in [-0.2, -0.15) is 0 Å². The predicted octanol–water partition coefficient (Wildman–Crippen LogP) is -0.571. The summed E-state index contributed by atoms with van der Waals surface area (Å²) in [5.41, 5.74) is 5.18. The Labute approximate surface area is 188 Å². The molecule has 0 amide bonds. The molecule has 0 bridgehead atoms. The van der Waals surface area contributed by atoms with Gasteiger partial charge in [-0.1, -0.05) is 40.6 Å². The quantitative estimate of drug-likeness (QED) is 0.461. The Hall–Kier alpha value is -1.54. The van der Waals surface area contributed by atoms with Crippen LogP contribution < -0.4 is 4.74 Å². The second kappa shape index (κ2) is 8.43. The second-order valence-electron chi connectivity index (χ2n) is 9.16. The van der Waals surface area contributed by atoms with Crippen molar-refractivity contribution >= 4 is 27.3 Å². The van der Waals surface area contributed by atoms with Gasteiger partial charge in [0.15, 0.2) is 0 Å². The largest absolute Gasteiger partial charge is 0.496 e. The molecule has 2 aromatic carbocycles. The van der Waals surface area contributed by atoms with Crippen molar-refractivity contribution in [3.63, 3.8) is 0 Å². The molecule has 4 N–H and O–H groups in total. The molecule has 9 heteroatoms. The molecular weight excluding hydrogens is 417 g/mol. The summed E-state index contributed by atoms with van der Waals surface area (Å²) in [5.74, 6) is 0.400. The average Bonchev–Trinajstić information content (AvgIpc) is 2.73. The fourth-order valence-electron chi connectivity index (χ4n) is 4.76. The third-order valence-corrected chi connectivity index (χ3v) is 6.88. The fraction of sp³-hybridized carbons (Fsp3) is 0.455. The van der Waals surface area contributed by atoms with Gasteiger partial charge in [0.2, 0.25) is 0 Å². The minimum atomic E-state index is -1.46. The minimum Gasteiger partial charge on any atom is -0.496 e. The normalized spacial score (nSPS) is 29.2. The van der Waals surface area contributed by atoms with Crippen molar-refractivity contribution < 1.29 is 29.9 Å². The van der Waals surface area contributed by atoms with Gasteiger partial charge in [0.25, 0.3) is 0 Å². The van der Waals surface area contributed by atoms with Gasteiger partial charge in [-0.15, -0.1) is 0 Å². The Morgan fingerprint density at radius 3 is 2.48 bits per heavy atom. The molecule has 0 aromatic heterocycles. The molecule has 1 heterocycles. The SMILES string of the molecule is BC1(B)Cc2cc(Cc3cc([C@@H]4O[C@H](CO)[C@@H](O)[C@H](O)[C@H]4O)c(OC)cc3Cl)ccc21. The zero-order valence-corrected chi connectivity index (χ0v) is 18.6. The molecule has 1 aliphatic heterocycles. The summed E-state index contributed by atoms with van der Waals surface area (Å²) in [6.07, 6.45) is -4.62. The third kappa shape index (κ3) is 4.01. The summed E-state index contributed by atoms with van der Waals surface area (Å²) >= 11 is 6.53. The molecule has 1 aliphatic carbocycles. The average molecular weight is 445 g/mol. The first-order chi connectivity index (χ1) is 14.7. The summed E-state index contributed by atoms with van der Waals surface area (Å²) in [7, 11) is 5.96. The molecule has 31 heavy (non-hydrogen) atoms. The molecule has 4 rings (SSSR count). The summed E-state index contributed by atoms with van der Waals surface area (Å²) in [6, 6.07) is 9.95. The number of benzene rings is 2. The van der Waals surface area contributed by atoms with E-state index in [1.807, 2.05) is 0 Å². The van der Waals surface area contributed by atoms with Crippen LogP contribution >= 0.6 is 11.6 Å². The number of rotatable bonds is 5. The van der Waals surface area contributed by atoms with Crippen LogP contribution in [-0.4, -0.2) is 74.3 Å². The third-order valence-electron chi connectivity index (χ3n) is 6.52. The number of hydrogen-bond acceptors (Lipinski definition) is 6. The van der Waals surface area contributed by atoms with Gasteiger partial charge in [0, 0.05) is 10.6 Å². The maximum Gasteiger partial charge on any atom is 0.126 e. The van der Waals surface area contributed by atoms with Gasteiger partial charge in [-0.3, -0.25) is 0 Å². The smallest absolute Gasteiger partial charge is 0.126 e. The molecule has 164 valence electrons. The van der Waals surface area contributed by atoms with Gasteiger partial charge in [-0.25, -0.2) is 0 Å². The molecule has 0 spiro atoms. The van der Waals surface area contributed by atoms with E-state index in [9.17, 15) is 20.4 Å². The van der Waals surface area contributed by atoms with Crippen LogP contribution in [0, 0.1) is 0 Å². The van der Waals surface area contributed by atoms with Crippen molar-refractivity contribution in [2.45, 2.75) is 48.6 Å². The molecular formula is C22H27B2ClO6. The number of fused-ring (bicyclic) bond motifs is 1. The summed E-state index contributed by atoms with van der Waals surface area (Å²) in [4.78, 5) is 0. The highest BCUT2D eigenvalue weighted by molar-refractivity contribution is 6.41. The van der Waals surface area contributed by atoms with Crippen LogP contribution in [0.1, 0.15) is 33.9 Å². The highest BCUT2D eigenvalue weighted by atomic mass is 35.5. The van der Waals surface area contributed by atoms with E-state index in [2.05, 4.69) is 33.9 Å². The van der Waals surface area contributed by atoms with Crippen molar-refractivity contribution in [3.05, 3.63) is 63.2 Å². The molecule has 0 radical (unpaired) electrons. The van der Waals surface area contributed by atoms with Crippen LogP contribution in [-0.2, 0) is 22.8 Å². The lowest BCUT2D eigenvalue weighted by Crippen LogP contribution is -2.55. The summed E-state index contributed by atoms with van der Waals surface area (Å²) in [5, 5.41) is 41.1. The number of halogens is 1. The van der Waals surface area contributed by atoms with Gasteiger partial charge in [-0.05, 0) is 41.7 Å². The standard InChI is InChI=1S/C22H27B2ClO6/c1-30-16-7-15(25)11(4-10-2-3-14-12(5-10)8-22(14,23)24)6-13(16)21-20(29)19(28)18(27)17(9-26)31-21/h2-3,5-7,17-21,26-29H,4,8-9,23-24H2,1H3/t17-,18-,19+,20-,21+/m1/s1. The van der Waals surface area contributed by atoms with Crippen LogP contribution in [0.5, 0.6) is 5.75 Å². The predicted molar refractivity (Wildman–Crippen MR) is 122 cm³/mol. The topological polar surface area (TPSA) is 99.4 Å². The Morgan fingerprint density at radius 1 is 1.13 bits per heavy atom. The van der Waals surface area contributed by atoms with Crippen LogP contribution in [0.15, 0.2) is 30.3 Å². The van der Waals surface area contributed by atoms with E-state index in [1.165, 1.54) is 18.2 Å². The van der Waals surface area contributed by atoms with Crippen molar-refractivity contribution in [1.29, 1.82) is 0 Å². The maximum atomic E-state index is 10.6. The van der Waals surface area contributed by atoms with E-state index in [0.29, 0.717) is 22.8 Å². The Balaban J connectivity index is 1.67. The highest BCUT2D eigenvalue weighted by Crippen LogP contribution is 2.41.